The average Bonchev–Trinajstić information content (AvgIpc) is 2.88. The smallest absolute Gasteiger partial charge is 0.241 e. The third-order valence-electron chi connectivity index (χ3n) is 3.41. The lowest BCUT2D eigenvalue weighted by Crippen LogP contribution is -2.35. The van der Waals surface area contributed by atoms with Gasteiger partial charge in [0.15, 0.2) is 11.5 Å². The molecule has 0 fully saturated rings. The Morgan fingerprint density at radius 3 is 2.83 bits per heavy atom. The molecule has 2 aromatic rings. The standard InChI is InChI=1S/C15H19N3O4S/c1-12(11-18-7-2-6-16-18)17-23(19,20)13-4-5-14-15(10-13)22-9-3-8-21-14/h2,4-7,10,12,17H,3,8-9,11H2,1H3/t12-/m1/s1. The fourth-order valence-corrected chi connectivity index (χ4v) is 3.62. The summed E-state index contributed by atoms with van der Waals surface area (Å²) in [6, 6.07) is 6.16. The zero-order valence-corrected chi connectivity index (χ0v) is 13.6. The van der Waals surface area contributed by atoms with Crippen LogP contribution in [-0.2, 0) is 16.6 Å². The third kappa shape index (κ3) is 3.83. The molecule has 1 N–H and O–H groups in total. The summed E-state index contributed by atoms with van der Waals surface area (Å²) >= 11 is 0. The molecule has 0 radical (unpaired) electrons. The zero-order chi connectivity index (χ0) is 16.3. The van der Waals surface area contributed by atoms with Crippen LogP contribution < -0.4 is 14.2 Å². The minimum atomic E-state index is -3.63. The molecule has 7 nitrogen and oxygen atoms in total. The Balaban J connectivity index is 1.75. The van der Waals surface area contributed by atoms with Crippen LogP contribution in [0.2, 0.25) is 0 Å². The minimum absolute atomic E-state index is 0.161. The van der Waals surface area contributed by atoms with Crippen molar-refractivity contribution in [1.82, 2.24) is 14.5 Å². The van der Waals surface area contributed by atoms with E-state index < -0.39 is 10.0 Å². The molecule has 1 aliphatic heterocycles. The summed E-state index contributed by atoms with van der Waals surface area (Å²) in [5.74, 6) is 1.04. The molecule has 0 unspecified atom stereocenters. The van der Waals surface area contributed by atoms with E-state index in [1.807, 2.05) is 0 Å². The highest BCUT2D eigenvalue weighted by atomic mass is 32.2. The number of hydrogen-bond acceptors (Lipinski definition) is 5. The van der Waals surface area contributed by atoms with Crippen molar-refractivity contribution in [3.05, 3.63) is 36.7 Å². The normalized spacial score (nSPS) is 15.9. The van der Waals surface area contributed by atoms with Gasteiger partial charge in [0.05, 0.1) is 24.7 Å². The number of nitrogens with one attached hydrogen (secondary N) is 1. The van der Waals surface area contributed by atoms with Gasteiger partial charge >= 0.3 is 0 Å². The van der Waals surface area contributed by atoms with Crippen molar-refractivity contribution in [3.63, 3.8) is 0 Å². The van der Waals surface area contributed by atoms with Crippen molar-refractivity contribution in [3.8, 4) is 11.5 Å². The maximum absolute atomic E-state index is 12.5. The lowest BCUT2D eigenvalue weighted by Gasteiger charge is -2.15. The first-order chi connectivity index (χ1) is 11.0. The number of fused-ring (bicyclic) bond motifs is 1. The lowest BCUT2D eigenvalue weighted by molar-refractivity contribution is 0.297. The minimum Gasteiger partial charge on any atom is -0.490 e. The first kappa shape index (κ1) is 15.8. The number of benzene rings is 1. The number of rotatable bonds is 5. The molecule has 0 saturated heterocycles. The highest BCUT2D eigenvalue weighted by Gasteiger charge is 2.21. The summed E-state index contributed by atoms with van der Waals surface area (Å²) in [7, 11) is -3.63. The van der Waals surface area contributed by atoms with Gasteiger partial charge in [0.25, 0.3) is 0 Å². The highest BCUT2D eigenvalue weighted by molar-refractivity contribution is 7.89. The Morgan fingerprint density at radius 2 is 2.09 bits per heavy atom. The maximum atomic E-state index is 12.5. The third-order valence-corrected chi connectivity index (χ3v) is 4.99. The van der Waals surface area contributed by atoms with E-state index in [4.69, 9.17) is 9.47 Å². The number of aromatic nitrogens is 2. The Morgan fingerprint density at radius 1 is 1.30 bits per heavy atom. The fraction of sp³-hybridized carbons (Fsp3) is 0.400. The molecule has 0 saturated carbocycles. The molecule has 2 heterocycles. The second-order valence-electron chi connectivity index (χ2n) is 5.41. The van der Waals surface area contributed by atoms with Crippen molar-refractivity contribution in [2.75, 3.05) is 13.2 Å². The summed E-state index contributed by atoms with van der Waals surface area (Å²) in [5, 5.41) is 4.07. The van der Waals surface area contributed by atoms with Crippen LogP contribution in [0.15, 0.2) is 41.6 Å². The fourth-order valence-electron chi connectivity index (χ4n) is 2.37. The lowest BCUT2D eigenvalue weighted by atomic mass is 10.3. The van der Waals surface area contributed by atoms with Crippen molar-refractivity contribution in [2.45, 2.75) is 30.8 Å². The van der Waals surface area contributed by atoms with Gasteiger partial charge in [0.2, 0.25) is 10.0 Å². The molecule has 23 heavy (non-hydrogen) atoms. The summed E-state index contributed by atoms with van der Waals surface area (Å²) in [5.41, 5.74) is 0. The molecular formula is C15H19N3O4S. The van der Waals surface area contributed by atoms with Crippen LogP contribution >= 0.6 is 0 Å². The molecule has 1 aliphatic rings. The quantitative estimate of drug-likeness (QED) is 0.892. The Labute approximate surface area is 135 Å². The molecule has 3 rings (SSSR count). The Bertz CT molecular complexity index is 759. The molecule has 1 aromatic heterocycles. The van der Waals surface area contributed by atoms with Gasteiger partial charge in [0, 0.05) is 30.9 Å². The molecule has 0 amide bonds. The van der Waals surface area contributed by atoms with E-state index in [0.717, 1.165) is 6.42 Å². The number of sulfonamides is 1. The van der Waals surface area contributed by atoms with Crippen LogP contribution in [0.5, 0.6) is 11.5 Å². The van der Waals surface area contributed by atoms with Crippen molar-refractivity contribution in [1.29, 1.82) is 0 Å². The van der Waals surface area contributed by atoms with E-state index in [2.05, 4.69) is 9.82 Å². The Kier molecular flexibility index (Phi) is 4.53. The van der Waals surface area contributed by atoms with Gasteiger partial charge in [-0.2, -0.15) is 5.10 Å². The van der Waals surface area contributed by atoms with Gasteiger partial charge in [-0.25, -0.2) is 13.1 Å². The van der Waals surface area contributed by atoms with Crippen LogP contribution in [-0.4, -0.2) is 37.5 Å². The number of nitrogens with zero attached hydrogens (tertiary/aromatic N) is 2. The molecule has 124 valence electrons. The van der Waals surface area contributed by atoms with Crippen molar-refractivity contribution >= 4 is 10.0 Å². The Hall–Kier alpha value is -2.06. The average molecular weight is 337 g/mol. The van der Waals surface area contributed by atoms with Crippen LogP contribution in [0.3, 0.4) is 0 Å². The van der Waals surface area contributed by atoms with E-state index in [-0.39, 0.29) is 10.9 Å². The van der Waals surface area contributed by atoms with E-state index >= 15 is 0 Å². The van der Waals surface area contributed by atoms with E-state index in [0.29, 0.717) is 31.3 Å². The molecule has 8 heteroatoms. The zero-order valence-electron chi connectivity index (χ0n) is 12.8. The molecule has 0 aliphatic carbocycles. The van der Waals surface area contributed by atoms with E-state index in [1.54, 1.807) is 36.1 Å². The molecular weight excluding hydrogens is 318 g/mol. The van der Waals surface area contributed by atoms with Gasteiger partial charge in [-0.3, -0.25) is 4.68 Å². The van der Waals surface area contributed by atoms with E-state index in [9.17, 15) is 8.42 Å². The summed E-state index contributed by atoms with van der Waals surface area (Å²) < 4.78 is 40.4. The first-order valence-corrected chi connectivity index (χ1v) is 8.92. The van der Waals surface area contributed by atoms with Gasteiger partial charge in [-0.15, -0.1) is 0 Å². The second kappa shape index (κ2) is 6.59. The second-order valence-corrected chi connectivity index (χ2v) is 7.12. The van der Waals surface area contributed by atoms with Crippen LogP contribution in [0, 0.1) is 0 Å². The first-order valence-electron chi connectivity index (χ1n) is 7.44. The van der Waals surface area contributed by atoms with Crippen molar-refractivity contribution < 1.29 is 17.9 Å². The van der Waals surface area contributed by atoms with Gasteiger partial charge in [-0.05, 0) is 25.1 Å². The molecule has 1 aromatic carbocycles. The van der Waals surface area contributed by atoms with Crippen LogP contribution in [0.1, 0.15) is 13.3 Å². The summed E-state index contributed by atoms with van der Waals surface area (Å²) in [4.78, 5) is 0.161. The topological polar surface area (TPSA) is 82.5 Å². The maximum Gasteiger partial charge on any atom is 0.241 e. The van der Waals surface area contributed by atoms with E-state index in [1.165, 1.54) is 12.1 Å². The molecule has 1 atom stereocenters. The number of ether oxygens (including phenoxy) is 2. The largest absolute Gasteiger partial charge is 0.490 e. The number of hydrogen-bond donors (Lipinski definition) is 1. The monoisotopic (exact) mass is 337 g/mol. The van der Waals surface area contributed by atoms with Crippen LogP contribution in [0.25, 0.3) is 0 Å². The predicted molar refractivity (Wildman–Crippen MR) is 84.1 cm³/mol. The predicted octanol–water partition coefficient (Wildman–Crippen LogP) is 1.41. The van der Waals surface area contributed by atoms with Gasteiger partial charge in [-0.1, -0.05) is 0 Å². The van der Waals surface area contributed by atoms with Crippen molar-refractivity contribution in [2.24, 2.45) is 0 Å². The molecule has 0 bridgehead atoms. The van der Waals surface area contributed by atoms with Gasteiger partial charge < -0.3 is 9.47 Å². The highest BCUT2D eigenvalue weighted by Crippen LogP contribution is 2.31. The summed E-state index contributed by atoms with van der Waals surface area (Å²) in [6.45, 7) is 3.33. The molecule has 0 spiro atoms. The van der Waals surface area contributed by atoms with Crippen LogP contribution in [0.4, 0.5) is 0 Å². The SMILES string of the molecule is C[C@H](Cn1cccn1)NS(=O)(=O)c1ccc2c(c1)OCCCO2. The van der Waals surface area contributed by atoms with Gasteiger partial charge in [0.1, 0.15) is 0 Å². The summed E-state index contributed by atoms with van der Waals surface area (Å²) in [6.07, 6.45) is 4.22.